The molecule has 0 atom stereocenters. The number of aromatic nitrogens is 1. The summed E-state index contributed by atoms with van der Waals surface area (Å²) in [5.74, 6) is -1.36. The zero-order chi connectivity index (χ0) is 25.4. The SMILES string of the molecule is Cc1ccc(S(=O)(=O)n2cc(C(=O)c3ccccc3)c3c(C(=O)c4ccc(F)cc4)cccc32)cc1. The summed E-state index contributed by atoms with van der Waals surface area (Å²) in [4.78, 5) is 27.1. The Morgan fingerprint density at radius 1 is 0.694 bits per heavy atom. The van der Waals surface area contributed by atoms with Crippen molar-refractivity contribution in [2.45, 2.75) is 11.8 Å². The lowest BCUT2D eigenvalue weighted by Gasteiger charge is -2.09. The molecule has 0 N–H and O–H groups in total. The van der Waals surface area contributed by atoms with Gasteiger partial charge in [-0.3, -0.25) is 9.59 Å². The second-order valence-corrected chi connectivity index (χ2v) is 10.2. The summed E-state index contributed by atoms with van der Waals surface area (Å²) in [6.07, 6.45) is 1.27. The Hall–Kier alpha value is -4.36. The number of carbonyl (C=O) groups is 2. The van der Waals surface area contributed by atoms with E-state index >= 15 is 0 Å². The molecule has 1 aromatic heterocycles. The van der Waals surface area contributed by atoms with Crippen molar-refractivity contribution in [3.8, 4) is 0 Å². The fourth-order valence-electron chi connectivity index (χ4n) is 4.14. The topological polar surface area (TPSA) is 73.2 Å². The summed E-state index contributed by atoms with van der Waals surface area (Å²) in [6, 6.07) is 24.6. The number of aryl methyl sites for hydroxylation is 1. The van der Waals surface area contributed by atoms with Crippen LogP contribution >= 0.6 is 0 Å². The first-order valence-electron chi connectivity index (χ1n) is 11.1. The molecule has 178 valence electrons. The van der Waals surface area contributed by atoms with Gasteiger partial charge in [0, 0.05) is 28.3 Å². The van der Waals surface area contributed by atoms with Crippen LogP contribution in [-0.4, -0.2) is 24.0 Å². The van der Waals surface area contributed by atoms with Crippen LogP contribution in [0.25, 0.3) is 10.9 Å². The Morgan fingerprint density at radius 3 is 1.97 bits per heavy atom. The van der Waals surface area contributed by atoms with E-state index in [4.69, 9.17) is 0 Å². The van der Waals surface area contributed by atoms with Gasteiger partial charge >= 0.3 is 0 Å². The maximum atomic E-state index is 13.6. The third-order valence-electron chi connectivity index (χ3n) is 6.01. The summed E-state index contributed by atoms with van der Waals surface area (Å²) in [7, 11) is -4.09. The molecule has 0 aliphatic carbocycles. The van der Waals surface area contributed by atoms with E-state index in [1.807, 2.05) is 6.92 Å². The van der Waals surface area contributed by atoms with Gasteiger partial charge in [-0.25, -0.2) is 16.8 Å². The van der Waals surface area contributed by atoms with Crippen molar-refractivity contribution in [3.63, 3.8) is 0 Å². The average Bonchev–Trinajstić information content (AvgIpc) is 3.30. The number of fused-ring (bicyclic) bond motifs is 1. The van der Waals surface area contributed by atoms with Crippen LogP contribution in [0.2, 0.25) is 0 Å². The van der Waals surface area contributed by atoms with Gasteiger partial charge in [0.2, 0.25) is 0 Å². The van der Waals surface area contributed by atoms with Crippen LogP contribution < -0.4 is 0 Å². The zero-order valence-electron chi connectivity index (χ0n) is 19.2. The van der Waals surface area contributed by atoms with E-state index in [0.29, 0.717) is 5.56 Å². The summed E-state index contributed by atoms with van der Waals surface area (Å²) in [5.41, 5.74) is 1.90. The maximum absolute atomic E-state index is 13.6. The van der Waals surface area contributed by atoms with Crippen molar-refractivity contribution in [2.75, 3.05) is 0 Å². The van der Waals surface area contributed by atoms with Crippen LogP contribution in [0.15, 0.2) is 108 Å². The number of ketones is 2. The normalized spacial score (nSPS) is 11.5. The number of carbonyl (C=O) groups excluding carboxylic acids is 2. The summed E-state index contributed by atoms with van der Waals surface area (Å²) < 4.78 is 41.8. The first-order valence-corrected chi connectivity index (χ1v) is 12.6. The van der Waals surface area contributed by atoms with Crippen LogP contribution in [0.3, 0.4) is 0 Å². The molecule has 0 fully saturated rings. The summed E-state index contributed by atoms with van der Waals surface area (Å²) >= 11 is 0. The van der Waals surface area contributed by atoms with Gasteiger partial charge in [-0.2, -0.15) is 0 Å². The van der Waals surface area contributed by atoms with Crippen LogP contribution in [0.5, 0.6) is 0 Å². The van der Waals surface area contributed by atoms with Crippen LogP contribution in [-0.2, 0) is 10.0 Å². The Bertz CT molecular complexity index is 1720. The molecule has 0 spiro atoms. The minimum Gasteiger partial charge on any atom is -0.289 e. The standard InChI is InChI=1S/C29H20FNO4S/c1-19-10-16-23(17-11-19)36(34,35)31-18-25(29(33)20-6-3-2-4-7-20)27-24(8-5-9-26(27)31)28(32)21-12-14-22(30)15-13-21/h2-18H,1H3. The van der Waals surface area contributed by atoms with Gasteiger partial charge in [-0.05, 0) is 49.4 Å². The van der Waals surface area contributed by atoms with E-state index in [1.165, 1.54) is 42.6 Å². The molecule has 5 rings (SSSR count). The highest BCUT2D eigenvalue weighted by Gasteiger charge is 2.27. The minimum atomic E-state index is -4.09. The van der Waals surface area contributed by atoms with E-state index in [0.717, 1.165) is 9.54 Å². The molecule has 36 heavy (non-hydrogen) atoms. The Kier molecular flexibility index (Phi) is 5.86. The fourth-order valence-corrected chi connectivity index (χ4v) is 5.51. The van der Waals surface area contributed by atoms with E-state index in [1.54, 1.807) is 60.7 Å². The van der Waals surface area contributed by atoms with Gasteiger partial charge in [-0.1, -0.05) is 60.2 Å². The van der Waals surface area contributed by atoms with Gasteiger partial charge in [0.15, 0.2) is 11.6 Å². The smallest absolute Gasteiger partial charge is 0.268 e. The number of nitrogens with zero attached hydrogens (tertiary/aromatic N) is 1. The predicted octanol–water partition coefficient (Wildman–Crippen LogP) is 5.79. The monoisotopic (exact) mass is 497 g/mol. The largest absolute Gasteiger partial charge is 0.289 e. The van der Waals surface area contributed by atoms with Gasteiger partial charge in [0.1, 0.15) is 5.82 Å². The predicted molar refractivity (Wildman–Crippen MR) is 135 cm³/mol. The van der Waals surface area contributed by atoms with Crippen molar-refractivity contribution in [3.05, 3.63) is 137 Å². The van der Waals surface area contributed by atoms with E-state index < -0.39 is 27.4 Å². The molecule has 5 aromatic rings. The maximum Gasteiger partial charge on any atom is 0.268 e. The number of hydrogen-bond donors (Lipinski definition) is 0. The van der Waals surface area contributed by atoms with Crippen molar-refractivity contribution in [1.29, 1.82) is 0 Å². The number of rotatable bonds is 6. The molecule has 0 aliphatic rings. The highest BCUT2D eigenvalue weighted by Crippen LogP contribution is 2.32. The molecule has 0 saturated heterocycles. The average molecular weight is 498 g/mol. The first kappa shape index (κ1) is 23.4. The molecule has 0 amide bonds. The van der Waals surface area contributed by atoms with E-state index in [9.17, 15) is 22.4 Å². The second-order valence-electron chi connectivity index (χ2n) is 8.39. The molecule has 4 aromatic carbocycles. The highest BCUT2D eigenvalue weighted by molar-refractivity contribution is 7.90. The third-order valence-corrected chi connectivity index (χ3v) is 7.69. The number of halogens is 1. The van der Waals surface area contributed by atoms with Gasteiger partial charge in [-0.15, -0.1) is 0 Å². The third kappa shape index (κ3) is 4.03. The molecule has 0 aliphatic heterocycles. The highest BCUT2D eigenvalue weighted by atomic mass is 32.2. The molecule has 5 nitrogen and oxygen atoms in total. The van der Waals surface area contributed by atoms with Crippen molar-refractivity contribution < 1.29 is 22.4 Å². The lowest BCUT2D eigenvalue weighted by molar-refractivity contribution is 0.103. The van der Waals surface area contributed by atoms with Crippen molar-refractivity contribution in [2.24, 2.45) is 0 Å². The Balaban J connectivity index is 1.79. The second kappa shape index (κ2) is 9.02. The summed E-state index contributed by atoms with van der Waals surface area (Å²) in [6.45, 7) is 1.85. The molecule has 0 unspecified atom stereocenters. The number of hydrogen-bond acceptors (Lipinski definition) is 4. The number of benzene rings is 4. The Morgan fingerprint density at radius 2 is 1.31 bits per heavy atom. The van der Waals surface area contributed by atoms with Gasteiger partial charge in [0.05, 0.1) is 16.0 Å². The molecular weight excluding hydrogens is 477 g/mol. The molecule has 7 heteroatoms. The molecule has 0 saturated carbocycles. The minimum absolute atomic E-state index is 0.0546. The van der Waals surface area contributed by atoms with Crippen molar-refractivity contribution >= 4 is 32.5 Å². The molecule has 1 heterocycles. The van der Waals surface area contributed by atoms with Crippen LogP contribution in [0, 0.1) is 12.7 Å². The molecule has 0 bridgehead atoms. The van der Waals surface area contributed by atoms with Gasteiger partial charge in [0.25, 0.3) is 10.0 Å². The van der Waals surface area contributed by atoms with Crippen molar-refractivity contribution in [1.82, 2.24) is 3.97 Å². The van der Waals surface area contributed by atoms with Gasteiger partial charge < -0.3 is 0 Å². The lowest BCUT2D eigenvalue weighted by atomic mass is 9.95. The first-order chi connectivity index (χ1) is 17.3. The zero-order valence-corrected chi connectivity index (χ0v) is 20.0. The van der Waals surface area contributed by atoms with Crippen LogP contribution in [0.1, 0.15) is 37.4 Å². The van der Waals surface area contributed by atoms with E-state index in [-0.39, 0.29) is 32.5 Å². The Labute approximate surface area is 207 Å². The fraction of sp³-hybridized carbons (Fsp3) is 0.0345. The lowest BCUT2D eigenvalue weighted by Crippen LogP contribution is -2.12. The molecule has 0 radical (unpaired) electrons. The quantitative estimate of drug-likeness (QED) is 0.279. The summed E-state index contributed by atoms with van der Waals surface area (Å²) in [5, 5.41) is 0.219. The van der Waals surface area contributed by atoms with E-state index in [2.05, 4.69) is 0 Å². The van der Waals surface area contributed by atoms with Crippen LogP contribution in [0.4, 0.5) is 4.39 Å². The molecular formula is C29H20FNO4S.